The van der Waals surface area contributed by atoms with E-state index in [2.05, 4.69) is 10.3 Å². The van der Waals surface area contributed by atoms with E-state index in [9.17, 15) is 9.90 Å². The van der Waals surface area contributed by atoms with Crippen molar-refractivity contribution >= 4 is 45.4 Å². The standard InChI is InChI=1S/C22H19ClN2O4/c1-28-17-9-14(22(26)27)8-16(11-17)25-21-18-10-15(23)2-3-20(18)24-12-19(21)13-4-6-29-7-5-13/h2-4,8-12H,5-7H2,1H3,(H,24,25)(H,26,27). The lowest BCUT2D eigenvalue weighted by Gasteiger charge is -2.20. The summed E-state index contributed by atoms with van der Waals surface area (Å²) in [6, 6.07) is 10.3. The van der Waals surface area contributed by atoms with Gasteiger partial charge in [-0.15, -0.1) is 0 Å². The van der Waals surface area contributed by atoms with E-state index in [0.29, 0.717) is 29.7 Å². The van der Waals surface area contributed by atoms with Crippen LogP contribution in [0.15, 0.2) is 48.7 Å². The van der Waals surface area contributed by atoms with Crippen LogP contribution in [0.3, 0.4) is 0 Å². The number of anilines is 2. The summed E-state index contributed by atoms with van der Waals surface area (Å²) in [6.45, 7) is 1.19. The van der Waals surface area contributed by atoms with Gasteiger partial charge in [0.25, 0.3) is 0 Å². The number of carbonyl (C=O) groups is 1. The SMILES string of the molecule is COc1cc(Nc2c(C3=CCOCC3)cnc3ccc(Cl)cc23)cc(C(=O)O)c1. The van der Waals surface area contributed by atoms with Crippen LogP contribution < -0.4 is 10.1 Å². The lowest BCUT2D eigenvalue weighted by Crippen LogP contribution is -2.07. The molecular formula is C22H19ClN2O4. The molecule has 29 heavy (non-hydrogen) atoms. The van der Waals surface area contributed by atoms with Crippen LogP contribution in [0.4, 0.5) is 11.4 Å². The molecule has 7 heteroatoms. The Morgan fingerprint density at radius 3 is 2.86 bits per heavy atom. The third-order valence-corrected chi connectivity index (χ3v) is 5.03. The minimum atomic E-state index is -1.03. The summed E-state index contributed by atoms with van der Waals surface area (Å²) in [6.07, 6.45) is 4.63. The monoisotopic (exact) mass is 410 g/mol. The largest absolute Gasteiger partial charge is 0.497 e. The summed E-state index contributed by atoms with van der Waals surface area (Å²) < 4.78 is 10.7. The highest BCUT2D eigenvalue weighted by Gasteiger charge is 2.17. The van der Waals surface area contributed by atoms with Crippen LogP contribution in [0.1, 0.15) is 22.3 Å². The molecule has 0 amide bonds. The highest BCUT2D eigenvalue weighted by molar-refractivity contribution is 6.31. The number of nitrogens with one attached hydrogen (secondary N) is 1. The zero-order valence-corrected chi connectivity index (χ0v) is 16.5. The predicted octanol–water partition coefficient (Wildman–Crippen LogP) is 5.14. The molecule has 0 fully saturated rings. The fourth-order valence-corrected chi connectivity index (χ4v) is 3.54. The minimum Gasteiger partial charge on any atom is -0.497 e. The molecule has 0 bridgehead atoms. The first-order chi connectivity index (χ1) is 14.0. The molecular weight excluding hydrogens is 392 g/mol. The average molecular weight is 411 g/mol. The van der Waals surface area contributed by atoms with E-state index >= 15 is 0 Å². The summed E-state index contributed by atoms with van der Waals surface area (Å²) in [4.78, 5) is 16.1. The number of methoxy groups -OCH3 is 1. The third-order valence-electron chi connectivity index (χ3n) is 4.80. The molecule has 2 N–H and O–H groups in total. The molecule has 0 radical (unpaired) electrons. The Balaban J connectivity index is 1.89. The Morgan fingerprint density at radius 1 is 1.28 bits per heavy atom. The fourth-order valence-electron chi connectivity index (χ4n) is 3.37. The van der Waals surface area contributed by atoms with Gasteiger partial charge in [0.05, 0.1) is 37.1 Å². The van der Waals surface area contributed by atoms with Gasteiger partial charge in [-0.1, -0.05) is 17.7 Å². The molecule has 1 aliphatic rings. The minimum absolute atomic E-state index is 0.134. The predicted molar refractivity (Wildman–Crippen MR) is 113 cm³/mol. The van der Waals surface area contributed by atoms with Crippen LogP contribution >= 0.6 is 11.6 Å². The summed E-state index contributed by atoms with van der Waals surface area (Å²) >= 11 is 6.26. The molecule has 3 aromatic rings. The summed E-state index contributed by atoms with van der Waals surface area (Å²) in [5, 5.41) is 14.3. The van der Waals surface area contributed by atoms with E-state index in [1.165, 1.54) is 13.2 Å². The molecule has 148 valence electrons. The Hall–Kier alpha value is -3.09. The first-order valence-corrected chi connectivity index (χ1v) is 9.48. The second kappa shape index (κ2) is 8.11. The summed E-state index contributed by atoms with van der Waals surface area (Å²) in [5.41, 5.74) is 4.39. The Bertz CT molecular complexity index is 1130. The normalized spacial score (nSPS) is 13.8. The van der Waals surface area contributed by atoms with E-state index < -0.39 is 5.97 Å². The maximum absolute atomic E-state index is 11.5. The number of carboxylic acid groups (broad SMARTS) is 1. The quantitative estimate of drug-likeness (QED) is 0.606. The first-order valence-electron chi connectivity index (χ1n) is 9.10. The molecule has 2 aromatic carbocycles. The van der Waals surface area contributed by atoms with Crippen molar-refractivity contribution in [1.82, 2.24) is 4.98 Å². The van der Waals surface area contributed by atoms with Gasteiger partial charge in [0.2, 0.25) is 0 Å². The van der Waals surface area contributed by atoms with Crippen LogP contribution in [0.5, 0.6) is 5.75 Å². The maximum Gasteiger partial charge on any atom is 0.335 e. The maximum atomic E-state index is 11.5. The van der Waals surface area contributed by atoms with Crippen LogP contribution in [-0.2, 0) is 4.74 Å². The molecule has 0 spiro atoms. The summed E-state index contributed by atoms with van der Waals surface area (Å²) in [5.74, 6) is -0.572. The van der Waals surface area contributed by atoms with Crippen molar-refractivity contribution in [2.45, 2.75) is 6.42 Å². The number of aromatic carboxylic acids is 1. The van der Waals surface area contributed by atoms with E-state index in [-0.39, 0.29) is 5.56 Å². The molecule has 2 heterocycles. The van der Waals surface area contributed by atoms with Gasteiger partial charge >= 0.3 is 5.97 Å². The molecule has 1 aliphatic heterocycles. The Labute approximate surface area is 172 Å². The summed E-state index contributed by atoms with van der Waals surface area (Å²) in [7, 11) is 1.50. The van der Waals surface area contributed by atoms with Crippen molar-refractivity contribution < 1.29 is 19.4 Å². The first kappa shape index (κ1) is 19.2. The molecule has 0 saturated carbocycles. The average Bonchev–Trinajstić information content (AvgIpc) is 2.74. The van der Waals surface area contributed by atoms with Gasteiger partial charge in [-0.2, -0.15) is 0 Å². The van der Waals surface area contributed by atoms with Crippen molar-refractivity contribution in [3.8, 4) is 5.75 Å². The number of benzene rings is 2. The number of aromatic nitrogens is 1. The number of ether oxygens (including phenoxy) is 2. The Morgan fingerprint density at radius 2 is 2.14 bits per heavy atom. The topological polar surface area (TPSA) is 80.7 Å². The van der Waals surface area contributed by atoms with Crippen molar-refractivity contribution in [1.29, 1.82) is 0 Å². The fraction of sp³-hybridized carbons (Fsp3) is 0.182. The Kier molecular flexibility index (Phi) is 5.38. The van der Waals surface area contributed by atoms with Gasteiger partial charge in [-0.05, 0) is 42.3 Å². The van der Waals surface area contributed by atoms with Crippen molar-refractivity contribution in [2.75, 3.05) is 25.6 Å². The van der Waals surface area contributed by atoms with Crippen molar-refractivity contribution in [3.63, 3.8) is 0 Å². The molecule has 0 unspecified atom stereocenters. The second-order valence-corrected chi connectivity index (χ2v) is 7.08. The highest BCUT2D eigenvalue weighted by atomic mass is 35.5. The number of pyridine rings is 1. The number of rotatable bonds is 5. The molecule has 0 saturated heterocycles. The van der Waals surface area contributed by atoms with Gasteiger partial charge in [0, 0.05) is 33.9 Å². The lowest BCUT2D eigenvalue weighted by atomic mass is 9.98. The molecule has 0 atom stereocenters. The zero-order valence-electron chi connectivity index (χ0n) is 15.7. The zero-order chi connectivity index (χ0) is 20.4. The van der Waals surface area contributed by atoms with Crippen LogP contribution in [0.25, 0.3) is 16.5 Å². The number of halogens is 1. The number of nitrogens with zero attached hydrogens (tertiary/aromatic N) is 1. The second-order valence-electron chi connectivity index (χ2n) is 6.64. The molecule has 1 aromatic heterocycles. The van der Waals surface area contributed by atoms with E-state index in [0.717, 1.165) is 34.1 Å². The van der Waals surface area contributed by atoms with E-state index in [1.54, 1.807) is 18.2 Å². The van der Waals surface area contributed by atoms with E-state index in [1.807, 2.05) is 24.4 Å². The third kappa shape index (κ3) is 4.04. The number of hydrogen-bond acceptors (Lipinski definition) is 5. The van der Waals surface area contributed by atoms with Crippen LogP contribution in [0.2, 0.25) is 5.02 Å². The van der Waals surface area contributed by atoms with Gasteiger partial charge in [-0.25, -0.2) is 4.79 Å². The van der Waals surface area contributed by atoms with Gasteiger partial charge in [-0.3, -0.25) is 4.98 Å². The molecule has 4 rings (SSSR count). The highest BCUT2D eigenvalue weighted by Crippen LogP contribution is 2.37. The van der Waals surface area contributed by atoms with Crippen LogP contribution in [-0.4, -0.2) is 36.4 Å². The van der Waals surface area contributed by atoms with Gasteiger partial charge in [0.15, 0.2) is 0 Å². The van der Waals surface area contributed by atoms with Crippen molar-refractivity contribution in [2.24, 2.45) is 0 Å². The van der Waals surface area contributed by atoms with Crippen molar-refractivity contribution in [3.05, 3.63) is 64.8 Å². The number of hydrogen-bond donors (Lipinski definition) is 2. The molecule has 0 aliphatic carbocycles. The van der Waals surface area contributed by atoms with E-state index in [4.69, 9.17) is 21.1 Å². The molecule has 6 nitrogen and oxygen atoms in total. The number of fused-ring (bicyclic) bond motifs is 1. The number of carboxylic acids is 1. The van der Waals surface area contributed by atoms with Gasteiger partial charge in [0.1, 0.15) is 5.75 Å². The lowest BCUT2D eigenvalue weighted by molar-refractivity contribution is 0.0696. The van der Waals surface area contributed by atoms with Gasteiger partial charge < -0.3 is 19.9 Å². The van der Waals surface area contributed by atoms with Crippen LogP contribution in [0, 0.1) is 0 Å². The smallest absolute Gasteiger partial charge is 0.335 e.